The predicted molar refractivity (Wildman–Crippen MR) is 65.3 cm³/mol. The molecular weight excluding hydrogens is 216 g/mol. The summed E-state index contributed by atoms with van der Waals surface area (Å²) in [6, 6.07) is 7.88. The highest BCUT2D eigenvalue weighted by atomic mass is 16.4. The van der Waals surface area contributed by atoms with Gasteiger partial charge in [0.1, 0.15) is 0 Å². The topological polar surface area (TPSA) is 64.4 Å². The lowest BCUT2D eigenvalue weighted by molar-refractivity contribution is -0.147. The van der Waals surface area contributed by atoms with Crippen LogP contribution in [0.1, 0.15) is 18.1 Å². The van der Waals surface area contributed by atoms with Crippen molar-refractivity contribution in [3.63, 3.8) is 0 Å². The van der Waals surface area contributed by atoms with Crippen molar-refractivity contribution in [3.8, 4) is 0 Å². The molecule has 2 N–H and O–H groups in total. The summed E-state index contributed by atoms with van der Waals surface area (Å²) < 4.78 is 0. The van der Waals surface area contributed by atoms with E-state index in [9.17, 15) is 4.79 Å². The van der Waals surface area contributed by atoms with Crippen molar-refractivity contribution < 1.29 is 9.90 Å². The number of rotatable bonds is 4. The van der Waals surface area contributed by atoms with Crippen LogP contribution < -0.4 is 0 Å². The van der Waals surface area contributed by atoms with Crippen LogP contribution in [-0.4, -0.2) is 34.8 Å². The van der Waals surface area contributed by atoms with E-state index in [-0.39, 0.29) is 5.92 Å². The molecule has 0 radical (unpaired) electrons. The Morgan fingerprint density at radius 2 is 2.00 bits per heavy atom. The molecule has 1 aliphatic heterocycles. The summed E-state index contributed by atoms with van der Waals surface area (Å²) in [4.78, 5) is 12.8. The second-order valence-electron chi connectivity index (χ2n) is 4.55. The highest BCUT2D eigenvalue weighted by Gasteiger charge is 2.31. The molecule has 4 nitrogen and oxygen atoms in total. The minimum absolute atomic E-state index is 0.196. The second kappa shape index (κ2) is 4.67. The molecule has 90 valence electrons. The van der Waals surface area contributed by atoms with Crippen LogP contribution in [0.2, 0.25) is 0 Å². The molecule has 4 heteroatoms. The van der Waals surface area contributed by atoms with E-state index in [1.807, 2.05) is 24.3 Å². The number of carbonyl (C=O) groups is 1. The average molecular weight is 232 g/mol. The van der Waals surface area contributed by atoms with Gasteiger partial charge in [-0.25, -0.2) is 0 Å². The van der Waals surface area contributed by atoms with Gasteiger partial charge in [0, 0.05) is 25.3 Å². The normalized spacial score (nSPS) is 16.5. The Kier molecular flexibility index (Phi) is 3.24. The number of nitrogens with zero attached hydrogens (tertiary/aromatic N) is 1. The molecule has 0 spiro atoms. The van der Waals surface area contributed by atoms with Crippen molar-refractivity contribution in [2.24, 2.45) is 5.92 Å². The Bertz CT molecular complexity index is 433. The van der Waals surface area contributed by atoms with Crippen LogP contribution >= 0.6 is 0 Å². The maximum atomic E-state index is 10.6. The minimum atomic E-state index is -0.698. The standard InChI is InChI=1S/C13H16N2O2/c1-9(14)11-4-2-10(3-5-11)6-15-7-12(8-15)13(16)17/h2-5,12,14H,6-8H2,1H3,(H,16,17). The van der Waals surface area contributed by atoms with Crippen LogP contribution in [0, 0.1) is 11.3 Å². The molecule has 1 aromatic carbocycles. The SMILES string of the molecule is CC(=N)c1ccc(CN2CC(C(=O)O)C2)cc1. The van der Waals surface area contributed by atoms with Crippen LogP contribution in [0.15, 0.2) is 24.3 Å². The van der Waals surface area contributed by atoms with Crippen LogP contribution in [0.25, 0.3) is 0 Å². The smallest absolute Gasteiger partial charge is 0.309 e. The first-order chi connectivity index (χ1) is 8.06. The van der Waals surface area contributed by atoms with Gasteiger partial charge < -0.3 is 10.5 Å². The summed E-state index contributed by atoms with van der Waals surface area (Å²) >= 11 is 0. The number of hydrogen-bond acceptors (Lipinski definition) is 3. The monoisotopic (exact) mass is 232 g/mol. The summed E-state index contributed by atoms with van der Waals surface area (Å²) in [6.45, 7) is 3.84. The molecule has 0 amide bonds. The molecule has 0 aromatic heterocycles. The molecule has 0 saturated carbocycles. The Labute approximate surface area is 100 Å². The summed E-state index contributed by atoms with van der Waals surface area (Å²) in [5.74, 6) is -0.894. The average Bonchev–Trinajstić information content (AvgIpc) is 2.23. The van der Waals surface area contributed by atoms with Crippen molar-refractivity contribution in [2.45, 2.75) is 13.5 Å². The van der Waals surface area contributed by atoms with Gasteiger partial charge >= 0.3 is 5.97 Å². The summed E-state index contributed by atoms with van der Waals surface area (Å²) in [5, 5.41) is 16.3. The number of hydrogen-bond donors (Lipinski definition) is 2. The highest BCUT2D eigenvalue weighted by Crippen LogP contribution is 2.18. The molecule has 1 heterocycles. The van der Waals surface area contributed by atoms with E-state index in [0.717, 1.165) is 12.1 Å². The maximum Gasteiger partial charge on any atom is 0.309 e. The van der Waals surface area contributed by atoms with Gasteiger partial charge in [-0.05, 0) is 18.1 Å². The number of nitrogens with one attached hydrogen (secondary N) is 1. The fraction of sp³-hybridized carbons (Fsp3) is 0.385. The van der Waals surface area contributed by atoms with E-state index in [4.69, 9.17) is 10.5 Å². The van der Waals surface area contributed by atoms with Gasteiger partial charge in [-0.3, -0.25) is 9.69 Å². The van der Waals surface area contributed by atoms with Crippen molar-refractivity contribution in [1.82, 2.24) is 4.90 Å². The molecule has 0 bridgehead atoms. The van der Waals surface area contributed by atoms with Gasteiger partial charge in [-0.2, -0.15) is 0 Å². The number of aliphatic carboxylic acids is 1. The molecule has 0 atom stereocenters. The van der Waals surface area contributed by atoms with Gasteiger partial charge in [-0.15, -0.1) is 0 Å². The molecule has 1 aliphatic rings. The third-order valence-corrected chi connectivity index (χ3v) is 3.10. The largest absolute Gasteiger partial charge is 0.481 e. The molecule has 0 unspecified atom stereocenters. The van der Waals surface area contributed by atoms with Crippen LogP contribution in [0.3, 0.4) is 0 Å². The van der Waals surface area contributed by atoms with Gasteiger partial charge in [0.15, 0.2) is 0 Å². The van der Waals surface area contributed by atoms with Gasteiger partial charge in [0.2, 0.25) is 0 Å². The first-order valence-electron chi connectivity index (χ1n) is 5.66. The summed E-state index contributed by atoms with van der Waals surface area (Å²) in [7, 11) is 0. The van der Waals surface area contributed by atoms with Gasteiger partial charge in [0.05, 0.1) is 5.92 Å². The molecular formula is C13H16N2O2. The number of carboxylic acid groups (broad SMARTS) is 1. The Hall–Kier alpha value is -1.68. The third kappa shape index (κ3) is 2.71. The van der Waals surface area contributed by atoms with E-state index < -0.39 is 5.97 Å². The van der Waals surface area contributed by atoms with Crippen molar-refractivity contribution in [2.75, 3.05) is 13.1 Å². The minimum Gasteiger partial charge on any atom is -0.481 e. The van der Waals surface area contributed by atoms with Crippen LogP contribution in [-0.2, 0) is 11.3 Å². The lowest BCUT2D eigenvalue weighted by Crippen LogP contribution is -2.49. The van der Waals surface area contributed by atoms with Crippen LogP contribution in [0.5, 0.6) is 0 Å². The zero-order valence-electron chi connectivity index (χ0n) is 9.81. The quantitative estimate of drug-likeness (QED) is 0.775. The second-order valence-corrected chi connectivity index (χ2v) is 4.55. The zero-order valence-corrected chi connectivity index (χ0v) is 9.81. The third-order valence-electron chi connectivity index (χ3n) is 3.10. The number of carboxylic acids is 1. The molecule has 0 aliphatic carbocycles. The molecule has 17 heavy (non-hydrogen) atoms. The first kappa shape index (κ1) is 11.8. The van der Waals surface area contributed by atoms with Crippen LogP contribution in [0.4, 0.5) is 0 Å². The van der Waals surface area contributed by atoms with E-state index in [2.05, 4.69) is 4.90 Å². The molecule has 1 saturated heterocycles. The fourth-order valence-corrected chi connectivity index (χ4v) is 1.97. The fourth-order valence-electron chi connectivity index (χ4n) is 1.97. The summed E-state index contributed by atoms with van der Waals surface area (Å²) in [5.41, 5.74) is 2.66. The predicted octanol–water partition coefficient (Wildman–Crippen LogP) is 1.59. The van der Waals surface area contributed by atoms with Crippen molar-refractivity contribution in [3.05, 3.63) is 35.4 Å². The van der Waals surface area contributed by atoms with Gasteiger partial charge in [-0.1, -0.05) is 24.3 Å². The zero-order chi connectivity index (χ0) is 12.4. The summed E-state index contributed by atoms with van der Waals surface area (Å²) in [6.07, 6.45) is 0. The number of likely N-dealkylation sites (tertiary alicyclic amines) is 1. The first-order valence-corrected chi connectivity index (χ1v) is 5.66. The lowest BCUT2D eigenvalue weighted by Gasteiger charge is -2.36. The van der Waals surface area contributed by atoms with Crippen molar-refractivity contribution in [1.29, 1.82) is 5.41 Å². The van der Waals surface area contributed by atoms with Gasteiger partial charge in [0.25, 0.3) is 0 Å². The Morgan fingerprint density at radius 3 is 2.47 bits per heavy atom. The van der Waals surface area contributed by atoms with Crippen molar-refractivity contribution >= 4 is 11.7 Å². The Morgan fingerprint density at radius 1 is 1.41 bits per heavy atom. The van der Waals surface area contributed by atoms with E-state index in [1.165, 1.54) is 5.56 Å². The molecule has 2 rings (SSSR count). The molecule has 1 fully saturated rings. The Balaban J connectivity index is 1.88. The van der Waals surface area contributed by atoms with E-state index in [1.54, 1.807) is 6.92 Å². The van der Waals surface area contributed by atoms with E-state index >= 15 is 0 Å². The molecule has 1 aromatic rings. The number of benzene rings is 1. The maximum absolute atomic E-state index is 10.6. The lowest BCUT2D eigenvalue weighted by atomic mass is 9.99. The van der Waals surface area contributed by atoms with E-state index in [0.29, 0.717) is 18.8 Å². The highest BCUT2D eigenvalue weighted by molar-refractivity contribution is 5.96.